The molecule has 2 aromatic rings. The van der Waals surface area contributed by atoms with E-state index in [-0.39, 0.29) is 29.5 Å². The second-order valence-corrected chi connectivity index (χ2v) is 7.76. The standard InChI is InChI=1S/C22H29N3O5/c1-7-24-18(19(26)16-9-13(4)8-14(5)10-16)17(12(2)3)20(27)25(22(24)29)11-30-21(28)15(6)23/h8-10,12,15H,7,11,23H2,1-6H3. The van der Waals surface area contributed by atoms with Crippen molar-refractivity contribution in [1.29, 1.82) is 0 Å². The first-order chi connectivity index (χ1) is 14.0. The number of benzene rings is 1. The minimum Gasteiger partial charge on any atom is -0.442 e. The fourth-order valence-electron chi connectivity index (χ4n) is 3.39. The van der Waals surface area contributed by atoms with Crippen molar-refractivity contribution < 1.29 is 14.3 Å². The normalized spacial score (nSPS) is 12.1. The molecular weight excluding hydrogens is 386 g/mol. The average molecular weight is 415 g/mol. The topological polar surface area (TPSA) is 113 Å². The molecule has 1 unspecified atom stereocenters. The molecule has 1 atom stereocenters. The van der Waals surface area contributed by atoms with Gasteiger partial charge in [0, 0.05) is 17.7 Å². The van der Waals surface area contributed by atoms with Crippen LogP contribution in [0.25, 0.3) is 0 Å². The van der Waals surface area contributed by atoms with Crippen LogP contribution in [-0.4, -0.2) is 26.9 Å². The van der Waals surface area contributed by atoms with Gasteiger partial charge < -0.3 is 10.5 Å². The number of carbonyl (C=O) groups excluding carboxylic acids is 2. The van der Waals surface area contributed by atoms with Gasteiger partial charge in [-0.2, -0.15) is 0 Å². The molecule has 0 aliphatic heterocycles. The summed E-state index contributed by atoms with van der Waals surface area (Å²) in [5.74, 6) is -1.46. The number of carbonyl (C=O) groups is 2. The molecule has 0 spiro atoms. The number of nitrogens with zero attached hydrogens (tertiary/aromatic N) is 2. The van der Waals surface area contributed by atoms with Crippen molar-refractivity contribution in [2.75, 3.05) is 0 Å². The maximum absolute atomic E-state index is 13.4. The predicted octanol–water partition coefficient (Wildman–Crippen LogP) is 1.85. The molecule has 2 N–H and O–H groups in total. The molecule has 0 aliphatic rings. The quantitative estimate of drug-likeness (QED) is 0.545. The van der Waals surface area contributed by atoms with E-state index in [1.807, 2.05) is 19.9 Å². The van der Waals surface area contributed by atoms with E-state index >= 15 is 0 Å². The lowest BCUT2D eigenvalue weighted by atomic mass is 9.95. The van der Waals surface area contributed by atoms with Crippen LogP contribution in [0.15, 0.2) is 27.8 Å². The molecular formula is C22H29N3O5. The number of aryl methyl sites for hydroxylation is 2. The predicted molar refractivity (Wildman–Crippen MR) is 114 cm³/mol. The van der Waals surface area contributed by atoms with E-state index in [1.165, 1.54) is 11.5 Å². The summed E-state index contributed by atoms with van der Waals surface area (Å²) < 4.78 is 7.09. The molecule has 1 aromatic heterocycles. The molecule has 162 valence electrons. The van der Waals surface area contributed by atoms with E-state index in [2.05, 4.69) is 0 Å². The van der Waals surface area contributed by atoms with Crippen molar-refractivity contribution in [3.8, 4) is 0 Å². The molecule has 0 bridgehead atoms. The van der Waals surface area contributed by atoms with E-state index < -0.39 is 30.0 Å². The Bertz CT molecular complexity index is 1070. The van der Waals surface area contributed by atoms with Gasteiger partial charge in [0.15, 0.2) is 6.73 Å². The van der Waals surface area contributed by atoms with Crippen LogP contribution >= 0.6 is 0 Å². The molecule has 0 saturated heterocycles. The van der Waals surface area contributed by atoms with E-state index in [0.717, 1.165) is 15.7 Å². The van der Waals surface area contributed by atoms with Crippen molar-refractivity contribution in [2.45, 2.75) is 66.8 Å². The fraction of sp³-hybridized carbons (Fsp3) is 0.455. The summed E-state index contributed by atoms with van der Waals surface area (Å²) in [6.07, 6.45) is 0. The van der Waals surface area contributed by atoms with Gasteiger partial charge in [0.25, 0.3) is 5.56 Å². The van der Waals surface area contributed by atoms with Crippen molar-refractivity contribution in [3.63, 3.8) is 0 Å². The minimum atomic E-state index is -0.885. The zero-order valence-corrected chi connectivity index (χ0v) is 18.3. The number of nitrogens with two attached hydrogens (primary N) is 1. The van der Waals surface area contributed by atoms with E-state index in [1.54, 1.807) is 32.9 Å². The van der Waals surface area contributed by atoms with Crippen LogP contribution in [0.5, 0.6) is 0 Å². The van der Waals surface area contributed by atoms with E-state index in [4.69, 9.17) is 10.5 Å². The van der Waals surface area contributed by atoms with Gasteiger partial charge in [-0.1, -0.05) is 31.0 Å². The number of rotatable bonds is 7. The Labute approximate surface area is 175 Å². The maximum Gasteiger partial charge on any atom is 0.334 e. The molecule has 8 heteroatoms. The second-order valence-electron chi connectivity index (χ2n) is 7.76. The van der Waals surface area contributed by atoms with Crippen LogP contribution in [0.4, 0.5) is 0 Å². The molecule has 2 rings (SSSR count). The molecule has 30 heavy (non-hydrogen) atoms. The number of aromatic nitrogens is 2. The first-order valence-electron chi connectivity index (χ1n) is 9.92. The first kappa shape index (κ1) is 23.3. The molecule has 8 nitrogen and oxygen atoms in total. The molecule has 0 fully saturated rings. The van der Waals surface area contributed by atoms with Crippen molar-refractivity contribution in [2.24, 2.45) is 5.73 Å². The number of hydrogen-bond acceptors (Lipinski definition) is 6. The zero-order chi connectivity index (χ0) is 22.7. The Morgan fingerprint density at radius 1 is 1.03 bits per heavy atom. The van der Waals surface area contributed by atoms with Gasteiger partial charge in [-0.05, 0) is 45.7 Å². The third-order valence-electron chi connectivity index (χ3n) is 4.76. The van der Waals surface area contributed by atoms with E-state index in [9.17, 15) is 19.2 Å². The van der Waals surface area contributed by atoms with Gasteiger partial charge in [-0.15, -0.1) is 0 Å². The van der Waals surface area contributed by atoms with Gasteiger partial charge in [0.2, 0.25) is 5.78 Å². The summed E-state index contributed by atoms with van der Waals surface area (Å²) in [4.78, 5) is 51.3. The van der Waals surface area contributed by atoms with Crippen LogP contribution in [0.1, 0.15) is 66.4 Å². The van der Waals surface area contributed by atoms with Crippen molar-refractivity contribution >= 4 is 11.8 Å². The summed E-state index contributed by atoms with van der Waals surface area (Å²) >= 11 is 0. The van der Waals surface area contributed by atoms with Crippen LogP contribution in [0.2, 0.25) is 0 Å². The third-order valence-corrected chi connectivity index (χ3v) is 4.76. The molecule has 0 aliphatic carbocycles. The summed E-state index contributed by atoms with van der Waals surface area (Å²) in [5.41, 5.74) is 6.62. The van der Waals surface area contributed by atoms with Crippen LogP contribution in [-0.2, 0) is 22.8 Å². The third kappa shape index (κ3) is 4.59. The lowest BCUT2D eigenvalue weighted by molar-refractivity contribution is -0.148. The van der Waals surface area contributed by atoms with Gasteiger partial charge in [0.1, 0.15) is 11.7 Å². The van der Waals surface area contributed by atoms with Gasteiger partial charge >= 0.3 is 11.7 Å². The lowest BCUT2D eigenvalue weighted by Gasteiger charge is -2.20. The maximum atomic E-state index is 13.4. The van der Waals surface area contributed by atoms with Gasteiger partial charge in [-0.25, -0.2) is 9.36 Å². The number of hydrogen-bond donors (Lipinski definition) is 1. The number of esters is 1. The van der Waals surface area contributed by atoms with Crippen LogP contribution in [0.3, 0.4) is 0 Å². The highest BCUT2D eigenvalue weighted by molar-refractivity contribution is 6.09. The summed E-state index contributed by atoms with van der Waals surface area (Å²) in [7, 11) is 0. The molecule has 0 radical (unpaired) electrons. The van der Waals surface area contributed by atoms with Crippen molar-refractivity contribution in [3.05, 3.63) is 67.0 Å². The number of ether oxygens (including phenoxy) is 1. The highest BCUT2D eigenvalue weighted by Gasteiger charge is 2.27. The molecule has 1 aromatic carbocycles. The first-order valence-corrected chi connectivity index (χ1v) is 9.92. The second kappa shape index (κ2) is 9.21. The smallest absolute Gasteiger partial charge is 0.334 e. The minimum absolute atomic E-state index is 0.0715. The Morgan fingerprint density at radius 3 is 2.07 bits per heavy atom. The Kier molecular flexibility index (Phi) is 7.15. The SMILES string of the molecule is CCn1c(C(=O)c2cc(C)cc(C)c2)c(C(C)C)c(=O)n(COC(=O)C(C)N)c1=O. The highest BCUT2D eigenvalue weighted by atomic mass is 16.5. The fourth-order valence-corrected chi connectivity index (χ4v) is 3.39. The number of ketones is 1. The van der Waals surface area contributed by atoms with Crippen molar-refractivity contribution in [1.82, 2.24) is 9.13 Å². The monoisotopic (exact) mass is 415 g/mol. The Hall–Kier alpha value is -3.00. The summed E-state index contributed by atoms with van der Waals surface area (Å²) in [6.45, 7) is 10.1. The van der Waals surface area contributed by atoms with E-state index in [0.29, 0.717) is 5.56 Å². The average Bonchev–Trinajstić information content (AvgIpc) is 2.65. The largest absolute Gasteiger partial charge is 0.442 e. The highest BCUT2D eigenvalue weighted by Crippen LogP contribution is 2.20. The van der Waals surface area contributed by atoms with Gasteiger partial charge in [-0.3, -0.25) is 19.0 Å². The van der Waals surface area contributed by atoms with Crippen LogP contribution in [0, 0.1) is 13.8 Å². The lowest BCUT2D eigenvalue weighted by Crippen LogP contribution is -2.46. The Balaban J connectivity index is 2.75. The molecule has 0 saturated carbocycles. The molecule has 1 heterocycles. The van der Waals surface area contributed by atoms with Gasteiger partial charge in [0.05, 0.1) is 0 Å². The zero-order valence-electron chi connectivity index (χ0n) is 18.3. The summed E-state index contributed by atoms with van der Waals surface area (Å²) in [6, 6.07) is 4.53. The Morgan fingerprint density at radius 2 is 1.60 bits per heavy atom. The molecule has 0 amide bonds. The van der Waals surface area contributed by atoms with Crippen LogP contribution < -0.4 is 17.0 Å². The summed E-state index contributed by atoms with van der Waals surface area (Å²) in [5, 5.41) is 0.